The van der Waals surface area contributed by atoms with Gasteiger partial charge in [-0.05, 0) is 22.4 Å². The van der Waals surface area contributed by atoms with Crippen LogP contribution in [0.3, 0.4) is 0 Å². The predicted molar refractivity (Wildman–Crippen MR) is 103 cm³/mol. The molecule has 1 fully saturated rings. The second kappa shape index (κ2) is 9.28. The van der Waals surface area contributed by atoms with Crippen LogP contribution in [0.2, 0.25) is 0 Å². The van der Waals surface area contributed by atoms with E-state index >= 15 is 0 Å². The zero-order chi connectivity index (χ0) is 16.1. The molecule has 0 aliphatic carbocycles. The number of fused-ring (bicyclic) bond motifs is 1. The number of thioether (sulfide) groups is 1. The Bertz CT molecular complexity index is 677. The molecule has 0 spiro atoms. The topological polar surface area (TPSA) is 61.4 Å². The zero-order valence-corrected chi connectivity index (χ0v) is 15.0. The second-order valence-corrected chi connectivity index (χ2v) is 7.01. The maximum Gasteiger partial charge on any atom is 0.221 e. The average molecular weight is 367 g/mol. The van der Waals surface area contributed by atoms with Gasteiger partial charge in [-0.25, -0.2) is 0 Å². The molecule has 24 heavy (non-hydrogen) atoms. The normalized spacial score (nSPS) is 18.6. The highest BCUT2D eigenvalue weighted by atomic mass is 35.5. The van der Waals surface area contributed by atoms with Crippen molar-refractivity contribution >= 4 is 40.8 Å². The van der Waals surface area contributed by atoms with E-state index in [1.165, 1.54) is 0 Å². The van der Waals surface area contributed by atoms with Gasteiger partial charge >= 0.3 is 0 Å². The first-order valence-electron chi connectivity index (χ1n) is 7.97. The van der Waals surface area contributed by atoms with Crippen LogP contribution in [0.1, 0.15) is 18.1 Å². The summed E-state index contributed by atoms with van der Waals surface area (Å²) in [6, 6.07) is 14.2. The molecule has 2 unspecified atom stereocenters. The third kappa shape index (κ3) is 5.11. The zero-order valence-electron chi connectivity index (χ0n) is 13.4. The van der Waals surface area contributed by atoms with Crippen molar-refractivity contribution in [2.75, 3.05) is 24.6 Å². The smallest absolute Gasteiger partial charge is 0.221 e. The van der Waals surface area contributed by atoms with Gasteiger partial charge in [0.15, 0.2) is 0 Å². The number of hydrogen-bond donors (Lipinski definition) is 3. The summed E-state index contributed by atoms with van der Waals surface area (Å²) >= 11 is 1.88. The maximum atomic E-state index is 12.0. The van der Waals surface area contributed by atoms with Gasteiger partial charge in [-0.15, -0.1) is 12.4 Å². The van der Waals surface area contributed by atoms with Gasteiger partial charge in [0.1, 0.15) is 0 Å². The Hall–Kier alpha value is -1.27. The number of benzene rings is 2. The monoisotopic (exact) mass is 366 g/mol. The first-order chi connectivity index (χ1) is 11.2. The number of hydrogen-bond acceptors (Lipinski definition) is 4. The molecule has 0 saturated carbocycles. The van der Waals surface area contributed by atoms with E-state index in [0.717, 1.165) is 34.4 Å². The molecule has 3 rings (SSSR count). The molecule has 2 aromatic rings. The molecule has 1 amide bonds. The lowest BCUT2D eigenvalue weighted by atomic mass is 10.0. The Morgan fingerprint density at radius 3 is 2.83 bits per heavy atom. The number of amides is 1. The number of rotatable bonds is 5. The molecular weight excluding hydrogens is 344 g/mol. The molecule has 1 heterocycles. The summed E-state index contributed by atoms with van der Waals surface area (Å²) < 4.78 is 0. The van der Waals surface area contributed by atoms with Gasteiger partial charge in [-0.1, -0.05) is 36.4 Å². The Morgan fingerprint density at radius 1 is 1.29 bits per heavy atom. The molecule has 0 aromatic heterocycles. The van der Waals surface area contributed by atoms with E-state index in [-0.39, 0.29) is 30.9 Å². The molecule has 130 valence electrons. The quantitative estimate of drug-likeness (QED) is 0.761. The van der Waals surface area contributed by atoms with E-state index in [2.05, 4.69) is 10.6 Å². The van der Waals surface area contributed by atoms with Crippen LogP contribution in [0.5, 0.6) is 0 Å². The van der Waals surface area contributed by atoms with Crippen molar-refractivity contribution < 1.29 is 9.90 Å². The molecule has 0 radical (unpaired) electrons. The summed E-state index contributed by atoms with van der Waals surface area (Å²) in [5.41, 5.74) is 0.829. The number of carbonyl (C=O) groups excluding carboxylic acids is 1. The molecule has 2 atom stereocenters. The van der Waals surface area contributed by atoms with E-state index in [4.69, 9.17) is 0 Å². The third-order valence-corrected chi connectivity index (χ3v) is 5.21. The van der Waals surface area contributed by atoms with Gasteiger partial charge in [0.25, 0.3) is 0 Å². The Labute approximate surface area is 152 Å². The van der Waals surface area contributed by atoms with E-state index in [0.29, 0.717) is 6.42 Å². The summed E-state index contributed by atoms with van der Waals surface area (Å²) in [6.07, 6.45) is -0.213. The summed E-state index contributed by atoms with van der Waals surface area (Å²) in [6.45, 7) is 1.21. The van der Waals surface area contributed by atoms with E-state index in [1.807, 2.05) is 54.2 Å². The summed E-state index contributed by atoms with van der Waals surface area (Å²) in [7, 11) is 0. The highest BCUT2D eigenvalue weighted by Gasteiger charge is 2.17. The van der Waals surface area contributed by atoms with Crippen LogP contribution in [-0.2, 0) is 4.79 Å². The molecular formula is C18H23ClN2O2S. The van der Waals surface area contributed by atoms with Gasteiger partial charge < -0.3 is 15.7 Å². The Balaban J connectivity index is 0.00000208. The largest absolute Gasteiger partial charge is 0.387 e. The number of aliphatic hydroxyl groups is 1. The highest BCUT2D eigenvalue weighted by Crippen LogP contribution is 2.20. The van der Waals surface area contributed by atoms with Crippen LogP contribution >= 0.6 is 24.2 Å². The average Bonchev–Trinajstić information content (AvgIpc) is 2.60. The van der Waals surface area contributed by atoms with E-state index < -0.39 is 6.10 Å². The van der Waals surface area contributed by atoms with Crippen LogP contribution in [0.4, 0.5) is 0 Å². The van der Waals surface area contributed by atoms with Crippen LogP contribution in [0, 0.1) is 0 Å². The van der Waals surface area contributed by atoms with Gasteiger partial charge in [-0.2, -0.15) is 11.8 Å². The maximum absolute atomic E-state index is 12.0. The molecule has 2 aromatic carbocycles. The first kappa shape index (κ1) is 19.1. The van der Waals surface area contributed by atoms with Crippen molar-refractivity contribution in [3.63, 3.8) is 0 Å². The lowest BCUT2D eigenvalue weighted by Gasteiger charge is -2.22. The Morgan fingerprint density at radius 2 is 2.08 bits per heavy atom. The van der Waals surface area contributed by atoms with Gasteiger partial charge in [0, 0.05) is 37.1 Å². The SMILES string of the molecule is Cl.O=C(CC1CSCCN1)NCC(O)c1ccc2ccccc2c1. The van der Waals surface area contributed by atoms with E-state index in [1.54, 1.807) is 0 Å². The van der Waals surface area contributed by atoms with Crippen LogP contribution in [-0.4, -0.2) is 41.7 Å². The molecule has 1 saturated heterocycles. The molecule has 1 aliphatic rings. The summed E-state index contributed by atoms with van der Waals surface area (Å²) in [4.78, 5) is 12.0. The van der Waals surface area contributed by atoms with Crippen LogP contribution in [0.15, 0.2) is 42.5 Å². The Kier molecular flexibility index (Phi) is 7.37. The lowest BCUT2D eigenvalue weighted by molar-refractivity contribution is -0.121. The van der Waals surface area contributed by atoms with Crippen molar-refractivity contribution in [2.45, 2.75) is 18.6 Å². The van der Waals surface area contributed by atoms with Gasteiger partial charge in [0.05, 0.1) is 6.10 Å². The third-order valence-electron chi connectivity index (χ3n) is 4.08. The fraction of sp³-hybridized carbons (Fsp3) is 0.389. The fourth-order valence-corrected chi connectivity index (χ4v) is 3.74. The molecule has 1 aliphatic heterocycles. The number of nitrogens with one attached hydrogen (secondary N) is 2. The minimum atomic E-state index is -0.683. The van der Waals surface area contributed by atoms with Crippen LogP contribution in [0.25, 0.3) is 10.8 Å². The summed E-state index contributed by atoms with van der Waals surface area (Å²) in [5.74, 6) is 2.07. The van der Waals surface area contributed by atoms with Crippen molar-refractivity contribution in [3.05, 3.63) is 48.0 Å². The van der Waals surface area contributed by atoms with Gasteiger partial charge in [0.2, 0.25) is 5.91 Å². The second-order valence-electron chi connectivity index (χ2n) is 5.86. The van der Waals surface area contributed by atoms with Crippen molar-refractivity contribution in [2.24, 2.45) is 0 Å². The standard InChI is InChI=1S/C18H22N2O2S.ClH/c21-17(11-20-18(22)10-16-12-23-8-7-19-16)15-6-5-13-3-1-2-4-14(13)9-15;/h1-6,9,16-17,19,21H,7-8,10-12H2,(H,20,22);1H. The molecule has 0 bridgehead atoms. The lowest BCUT2D eigenvalue weighted by Crippen LogP contribution is -2.41. The van der Waals surface area contributed by atoms with E-state index in [9.17, 15) is 9.90 Å². The first-order valence-corrected chi connectivity index (χ1v) is 9.12. The highest BCUT2D eigenvalue weighted by molar-refractivity contribution is 7.99. The summed E-state index contributed by atoms with van der Waals surface area (Å²) in [5, 5.41) is 18.7. The minimum Gasteiger partial charge on any atom is -0.387 e. The van der Waals surface area contributed by atoms with Crippen LogP contribution < -0.4 is 10.6 Å². The van der Waals surface area contributed by atoms with Crippen molar-refractivity contribution in [1.82, 2.24) is 10.6 Å². The number of halogens is 1. The molecule has 4 nitrogen and oxygen atoms in total. The van der Waals surface area contributed by atoms with Crippen molar-refractivity contribution in [1.29, 1.82) is 0 Å². The van der Waals surface area contributed by atoms with Crippen molar-refractivity contribution in [3.8, 4) is 0 Å². The molecule has 6 heteroatoms. The van der Waals surface area contributed by atoms with Gasteiger partial charge in [-0.3, -0.25) is 4.79 Å². The number of carbonyl (C=O) groups is 1. The fourth-order valence-electron chi connectivity index (χ4n) is 2.79. The minimum absolute atomic E-state index is 0. The predicted octanol–water partition coefficient (Wildman–Crippen LogP) is 2.51. The number of aliphatic hydroxyl groups excluding tert-OH is 1. The molecule has 3 N–H and O–H groups in total.